The maximum Gasteiger partial charge on any atom is 0.296 e. The Morgan fingerprint density at radius 2 is 2.06 bits per heavy atom. The number of hydrogen-bond acceptors (Lipinski definition) is 7. The minimum atomic E-state index is -1.21. The van der Waals surface area contributed by atoms with Gasteiger partial charge in [-0.25, -0.2) is 9.37 Å². The summed E-state index contributed by atoms with van der Waals surface area (Å²) in [7, 11) is 1.48. The molecule has 3 heterocycles. The number of aromatic nitrogens is 1. The van der Waals surface area contributed by atoms with E-state index in [9.17, 15) is 19.1 Å². The second-order valence-corrected chi connectivity index (χ2v) is 7.87. The molecule has 1 unspecified atom stereocenters. The maximum absolute atomic E-state index is 14.8. The van der Waals surface area contributed by atoms with Crippen molar-refractivity contribution < 1.29 is 28.2 Å². The third-order valence-corrected chi connectivity index (χ3v) is 6.00. The lowest BCUT2D eigenvalue weighted by Gasteiger charge is -2.24. The summed E-state index contributed by atoms with van der Waals surface area (Å²) in [5.41, 5.74) is 0.118. The minimum Gasteiger partial charge on any atom is -0.503 e. The fraction of sp³-hybridized carbons (Fsp3) is 0.0870. The molecule has 7 nitrogen and oxygen atoms in total. The number of carbonyl (C=O) groups is 2. The van der Waals surface area contributed by atoms with Crippen molar-refractivity contribution in [1.82, 2.24) is 4.98 Å². The van der Waals surface area contributed by atoms with Crippen LogP contribution in [0.25, 0.3) is 11.0 Å². The van der Waals surface area contributed by atoms with Crippen LogP contribution in [-0.4, -0.2) is 28.9 Å². The molecule has 32 heavy (non-hydrogen) atoms. The van der Waals surface area contributed by atoms with Gasteiger partial charge in [0.2, 0.25) is 5.78 Å². The van der Waals surface area contributed by atoms with Crippen LogP contribution < -0.4 is 9.64 Å². The number of methoxy groups -OCH3 is 1. The molecule has 0 fully saturated rings. The molecule has 1 atom stereocenters. The van der Waals surface area contributed by atoms with E-state index in [1.807, 2.05) is 0 Å². The largest absolute Gasteiger partial charge is 0.503 e. The Morgan fingerprint density at radius 3 is 2.78 bits per heavy atom. The molecule has 160 valence electrons. The Kier molecular flexibility index (Phi) is 4.75. The molecule has 4 aromatic rings. The average Bonchev–Trinajstić information content (AvgIpc) is 3.52. The fourth-order valence-electron chi connectivity index (χ4n) is 3.80. The van der Waals surface area contributed by atoms with E-state index in [-0.39, 0.29) is 22.0 Å². The third kappa shape index (κ3) is 2.97. The summed E-state index contributed by atoms with van der Waals surface area (Å²) in [5, 5.41) is 13.2. The standard InChI is InChI=1S/C23H15FN2O5S/c1-30-15-8-4-5-12-11-16(31-21(12)15)19(27)17-18(13-6-2-3-7-14(13)24)26(22(29)20(17)28)23-25-9-10-32-23/h2-11,18,28H,1H3. The minimum absolute atomic E-state index is 0.0529. The Balaban J connectivity index is 1.68. The Bertz CT molecular complexity index is 1390. The summed E-state index contributed by atoms with van der Waals surface area (Å²) in [6.45, 7) is 0. The summed E-state index contributed by atoms with van der Waals surface area (Å²) in [6, 6.07) is 11.2. The molecular weight excluding hydrogens is 435 g/mol. The molecule has 0 saturated carbocycles. The van der Waals surface area contributed by atoms with E-state index in [2.05, 4.69) is 4.98 Å². The molecule has 0 aliphatic carbocycles. The van der Waals surface area contributed by atoms with Gasteiger partial charge in [0.15, 0.2) is 28.0 Å². The second kappa shape index (κ2) is 7.61. The van der Waals surface area contributed by atoms with Gasteiger partial charge < -0.3 is 14.3 Å². The van der Waals surface area contributed by atoms with Crippen molar-refractivity contribution in [2.75, 3.05) is 12.0 Å². The van der Waals surface area contributed by atoms with Crippen molar-refractivity contribution in [2.24, 2.45) is 0 Å². The van der Waals surface area contributed by atoms with E-state index in [1.54, 1.807) is 29.6 Å². The molecule has 1 N–H and O–H groups in total. The fourth-order valence-corrected chi connectivity index (χ4v) is 4.47. The van der Waals surface area contributed by atoms with Gasteiger partial charge >= 0.3 is 0 Å². The van der Waals surface area contributed by atoms with Crippen LogP contribution in [0.15, 0.2) is 75.9 Å². The zero-order chi connectivity index (χ0) is 22.4. The number of fused-ring (bicyclic) bond motifs is 1. The number of para-hydroxylation sites is 1. The number of ether oxygens (including phenoxy) is 1. The summed E-state index contributed by atoms with van der Waals surface area (Å²) < 4.78 is 25.8. The Morgan fingerprint density at radius 1 is 1.25 bits per heavy atom. The Labute approximate surface area is 185 Å². The predicted molar refractivity (Wildman–Crippen MR) is 115 cm³/mol. The number of furan rings is 1. The maximum atomic E-state index is 14.8. The number of aliphatic hydroxyl groups excluding tert-OH is 1. The number of carbonyl (C=O) groups excluding carboxylic acids is 2. The first-order valence-corrected chi connectivity index (χ1v) is 10.4. The van der Waals surface area contributed by atoms with Gasteiger partial charge in [-0.2, -0.15) is 0 Å². The zero-order valence-corrected chi connectivity index (χ0v) is 17.4. The molecule has 5 rings (SSSR count). The van der Waals surface area contributed by atoms with Crippen LogP contribution in [0.4, 0.5) is 9.52 Å². The first-order chi connectivity index (χ1) is 15.5. The van der Waals surface area contributed by atoms with E-state index >= 15 is 0 Å². The molecule has 2 aromatic carbocycles. The molecule has 0 saturated heterocycles. The number of amides is 1. The normalized spacial score (nSPS) is 16.2. The summed E-state index contributed by atoms with van der Waals surface area (Å²) in [4.78, 5) is 31.7. The Hall–Kier alpha value is -3.98. The number of nitrogens with zero attached hydrogens (tertiary/aromatic N) is 2. The lowest BCUT2D eigenvalue weighted by Crippen LogP contribution is -2.31. The van der Waals surface area contributed by atoms with Crippen LogP contribution >= 0.6 is 11.3 Å². The second-order valence-electron chi connectivity index (χ2n) is 6.99. The van der Waals surface area contributed by atoms with Crippen LogP contribution in [0, 0.1) is 5.82 Å². The number of anilines is 1. The lowest BCUT2D eigenvalue weighted by atomic mass is 9.95. The van der Waals surface area contributed by atoms with Gasteiger partial charge in [-0.1, -0.05) is 30.3 Å². The van der Waals surface area contributed by atoms with Crippen molar-refractivity contribution in [3.05, 3.63) is 88.6 Å². The lowest BCUT2D eigenvalue weighted by molar-refractivity contribution is -0.117. The van der Waals surface area contributed by atoms with Crippen molar-refractivity contribution in [2.45, 2.75) is 6.04 Å². The highest BCUT2D eigenvalue weighted by molar-refractivity contribution is 7.13. The monoisotopic (exact) mass is 450 g/mol. The van der Waals surface area contributed by atoms with Crippen molar-refractivity contribution in [1.29, 1.82) is 0 Å². The SMILES string of the molecule is COc1cccc2cc(C(=O)C3=C(O)C(=O)N(c4nccs4)C3c3ccccc3F)oc12. The van der Waals surface area contributed by atoms with Crippen molar-refractivity contribution in [3.63, 3.8) is 0 Å². The number of ketones is 1. The van der Waals surface area contributed by atoms with Gasteiger partial charge in [-0.3, -0.25) is 14.5 Å². The van der Waals surface area contributed by atoms with Crippen LogP contribution in [0.1, 0.15) is 22.2 Å². The summed E-state index contributed by atoms with van der Waals surface area (Å²) >= 11 is 1.13. The van der Waals surface area contributed by atoms with Gasteiger partial charge in [0, 0.05) is 22.5 Å². The zero-order valence-electron chi connectivity index (χ0n) is 16.6. The molecular formula is C23H15FN2O5S. The number of Topliss-reactive ketones (excluding diaryl/α,β-unsaturated/α-hetero) is 1. The molecule has 1 aliphatic rings. The van der Waals surface area contributed by atoms with Crippen LogP contribution in [0.2, 0.25) is 0 Å². The molecule has 1 aliphatic heterocycles. The quantitative estimate of drug-likeness (QED) is 0.438. The highest BCUT2D eigenvalue weighted by Crippen LogP contribution is 2.43. The summed E-state index contributed by atoms with van der Waals surface area (Å²) in [6.07, 6.45) is 1.48. The first-order valence-electron chi connectivity index (χ1n) is 9.53. The van der Waals surface area contributed by atoms with E-state index in [0.717, 1.165) is 16.2 Å². The number of thiazole rings is 1. The summed E-state index contributed by atoms with van der Waals surface area (Å²) in [5.74, 6) is -2.66. The number of hydrogen-bond donors (Lipinski definition) is 1. The van der Waals surface area contributed by atoms with Crippen molar-refractivity contribution in [3.8, 4) is 5.75 Å². The molecule has 1 amide bonds. The van der Waals surface area contributed by atoms with E-state index in [0.29, 0.717) is 16.7 Å². The average molecular weight is 450 g/mol. The molecule has 9 heteroatoms. The van der Waals surface area contributed by atoms with Crippen molar-refractivity contribution >= 4 is 39.1 Å². The van der Waals surface area contributed by atoms with Gasteiger partial charge in [0.05, 0.1) is 12.7 Å². The smallest absolute Gasteiger partial charge is 0.296 e. The highest BCUT2D eigenvalue weighted by atomic mass is 32.1. The van der Waals surface area contributed by atoms with Crippen LogP contribution in [0.5, 0.6) is 5.75 Å². The number of benzene rings is 2. The number of aliphatic hydroxyl groups is 1. The van der Waals surface area contributed by atoms with Crippen LogP contribution in [-0.2, 0) is 4.79 Å². The van der Waals surface area contributed by atoms with E-state index < -0.39 is 29.3 Å². The first kappa shape index (κ1) is 20.0. The van der Waals surface area contributed by atoms with Gasteiger partial charge in [0.25, 0.3) is 5.91 Å². The molecule has 0 spiro atoms. The topological polar surface area (TPSA) is 92.9 Å². The molecule has 0 bridgehead atoms. The van der Waals surface area contributed by atoms with E-state index in [4.69, 9.17) is 9.15 Å². The van der Waals surface area contributed by atoms with Crippen LogP contribution in [0.3, 0.4) is 0 Å². The van der Waals surface area contributed by atoms with Gasteiger partial charge in [-0.15, -0.1) is 11.3 Å². The number of rotatable bonds is 5. The van der Waals surface area contributed by atoms with E-state index in [1.165, 1.54) is 37.6 Å². The predicted octanol–water partition coefficient (Wildman–Crippen LogP) is 4.82. The highest BCUT2D eigenvalue weighted by Gasteiger charge is 2.47. The molecule has 2 aromatic heterocycles. The third-order valence-electron chi connectivity index (χ3n) is 5.23. The van der Waals surface area contributed by atoms with Gasteiger partial charge in [-0.05, 0) is 18.2 Å². The molecule has 0 radical (unpaired) electrons. The van der Waals surface area contributed by atoms with Gasteiger partial charge in [0.1, 0.15) is 11.9 Å². The number of halogens is 1.